The van der Waals surface area contributed by atoms with Crippen LogP contribution in [0.15, 0.2) is 73.9 Å². The summed E-state index contributed by atoms with van der Waals surface area (Å²) in [4.78, 5) is 3.28. The van der Waals surface area contributed by atoms with Crippen LogP contribution in [0, 0.1) is 6.92 Å². The Kier molecular flexibility index (Phi) is 7.26. The van der Waals surface area contributed by atoms with E-state index in [2.05, 4.69) is 30.8 Å². The zero-order valence-corrected chi connectivity index (χ0v) is 18.9. The molecule has 7 heteroatoms. The summed E-state index contributed by atoms with van der Waals surface area (Å²) in [6, 6.07) is 14.6. The third kappa shape index (κ3) is 5.90. The van der Waals surface area contributed by atoms with E-state index in [1.165, 1.54) is 19.3 Å². The highest BCUT2D eigenvalue weighted by Gasteiger charge is 2.12. The van der Waals surface area contributed by atoms with E-state index in [0.29, 0.717) is 0 Å². The summed E-state index contributed by atoms with van der Waals surface area (Å²) in [5.74, 6) is 0. The van der Waals surface area contributed by atoms with Crippen molar-refractivity contribution in [1.29, 1.82) is 0 Å². The van der Waals surface area contributed by atoms with Gasteiger partial charge in [-0.05, 0) is 73.2 Å². The second kappa shape index (κ2) is 9.67. The van der Waals surface area contributed by atoms with E-state index in [4.69, 9.17) is 0 Å². The van der Waals surface area contributed by atoms with Crippen LogP contribution in [0.4, 0.5) is 0 Å². The topological polar surface area (TPSA) is 49.7 Å². The Hall–Kier alpha value is -1.70. The number of rotatable bonds is 5. The predicted octanol–water partition coefficient (Wildman–Crippen LogP) is 4.93. The molecular weight excluding hydrogens is 456 g/mol. The van der Waals surface area contributed by atoms with Crippen LogP contribution in [0.25, 0.3) is 0 Å². The van der Waals surface area contributed by atoms with Gasteiger partial charge in [0.05, 0.1) is 9.76 Å². The van der Waals surface area contributed by atoms with Gasteiger partial charge in [0.25, 0.3) is 10.0 Å². The zero-order valence-electron chi connectivity index (χ0n) is 15.7. The highest BCUT2D eigenvalue weighted by Crippen LogP contribution is 2.15. The molecule has 1 saturated heterocycles. The van der Waals surface area contributed by atoms with Crippen molar-refractivity contribution in [1.82, 2.24) is 4.90 Å². The first-order valence-corrected chi connectivity index (χ1v) is 12.2. The molecule has 148 valence electrons. The van der Waals surface area contributed by atoms with Crippen LogP contribution in [0.2, 0.25) is 0 Å². The van der Waals surface area contributed by atoms with Crippen LogP contribution in [0.1, 0.15) is 30.4 Å². The maximum Gasteiger partial charge on any atom is 0.292 e. The molecule has 4 nitrogen and oxygen atoms in total. The molecule has 28 heavy (non-hydrogen) atoms. The van der Waals surface area contributed by atoms with Gasteiger partial charge in [-0.25, -0.2) is 0 Å². The van der Waals surface area contributed by atoms with Crippen LogP contribution in [-0.4, -0.2) is 31.3 Å². The molecule has 2 aromatic carbocycles. The molecule has 1 aliphatic rings. The van der Waals surface area contributed by atoms with Gasteiger partial charge in [0.2, 0.25) is 0 Å². The monoisotopic (exact) mass is 478 g/mol. The van der Waals surface area contributed by atoms with Gasteiger partial charge in [0.1, 0.15) is 0 Å². The minimum absolute atomic E-state index is 0.209. The van der Waals surface area contributed by atoms with Crippen LogP contribution in [-0.2, 0) is 21.2 Å². The van der Waals surface area contributed by atoms with Crippen molar-refractivity contribution in [3.63, 3.8) is 0 Å². The van der Waals surface area contributed by atoms with Crippen molar-refractivity contribution in [2.24, 2.45) is 3.77 Å². The van der Waals surface area contributed by atoms with E-state index in [9.17, 15) is 8.42 Å². The third-order valence-corrected chi connectivity index (χ3v) is 7.56. The van der Waals surface area contributed by atoms with E-state index in [1.807, 2.05) is 37.3 Å². The normalized spacial score (nSPS) is 14.9. The second-order valence-corrected chi connectivity index (χ2v) is 10.3. The lowest BCUT2D eigenvalue weighted by atomic mass is 10.1. The van der Waals surface area contributed by atoms with Crippen LogP contribution in [0.3, 0.4) is 0 Å². The number of sulfonamides is 1. The molecule has 0 radical (unpaired) electrons. The molecule has 0 spiro atoms. The van der Waals surface area contributed by atoms with Crippen molar-refractivity contribution in [3.05, 3.63) is 76.4 Å². The van der Waals surface area contributed by atoms with Gasteiger partial charge in [-0.15, -0.1) is 0 Å². The number of halogens is 1. The molecule has 0 saturated carbocycles. The Morgan fingerprint density at radius 3 is 2.32 bits per heavy atom. The van der Waals surface area contributed by atoms with E-state index >= 15 is 0 Å². The average molecular weight is 479 g/mol. The van der Waals surface area contributed by atoms with Gasteiger partial charge in [-0.3, -0.25) is 0 Å². The van der Waals surface area contributed by atoms with Crippen LogP contribution < -0.4 is 0 Å². The molecule has 2 aromatic rings. The molecular formula is C21H23BrN2O2S2. The number of piperidine rings is 1. The molecule has 1 heterocycles. The first kappa shape index (κ1) is 21.0. The predicted molar refractivity (Wildman–Crippen MR) is 121 cm³/mol. The molecule has 1 fully saturated rings. The van der Waals surface area contributed by atoms with Gasteiger partial charge >= 0.3 is 0 Å². The summed E-state index contributed by atoms with van der Waals surface area (Å²) in [7, 11) is -3.72. The Morgan fingerprint density at radius 1 is 1.04 bits per heavy atom. The summed E-state index contributed by atoms with van der Waals surface area (Å²) >= 11 is 4.44. The lowest BCUT2D eigenvalue weighted by Gasteiger charge is -2.24. The minimum atomic E-state index is -3.72. The minimum Gasteiger partial charge on any atom is -0.377 e. The second-order valence-electron chi connectivity index (χ2n) is 6.74. The molecule has 0 aromatic heterocycles. The van der Waals surface area contributed by atoms with Gasteiger partial charge < -0.3 is 4.90 Å². The summed E-state index contributed by atoms with van der Waals surface area (Å²) in [6.07, 6.45) is 7.67. The molecule has 0 unspecified atom stereocenters. The molecule has 0 aliphatic carbocycles. The van der Waals surface area contributed by atoms with E-state index in [0.717, 1.165) is 44.7 Å². The summed E-state index contributed by atoms with van der Waals surface area (Å²) in [6.45, 7) is 3.99. The van der Waals surface area contributed by atoms with Crippen molar-refractivity contribution in [2.45, 2.75) is 31.1 Å². The number of nitrogens with zero attached hydrogens (tertiary/aromatic N) is 2. The van der Waals surface area contributed by atoms with Gasteiger partial charge in [-0.1, -0.05) is 49.5 Å². The molecule has 1 aliphatic heterocycles. The number of hydrogen-bond acceptors (Lipinski definition) is 3. The molecule has 0 atom stereocenters. The lowest BCUT2D eigenvalue weighted by molar-refractivity contribution is 0.310. The fraction of sp³-hybridized carbons (Fsp3) is 0.286. The Labute approximate surface area is 179 Å². The maximum absolute atomic E-state index is 12.6. The first-order chi connectivity index (χ1) is 13.4. The Morgan fingerprint density at radius 2 is 1.68 bits per heavy atom. The van der Waals surface area contributed by atoms with Crippen molar-refractivity contribution in [2.75, 3.05) is 13.1 Å². The average Bonchev–Trinajstić information content (AvgIpc) is 2.70. The van der Waals surface area contributed by atoms with Crippen molar-refractivity contribution in [3.8, 4) is 0 Å². The highest BCUT2D eigenvalue weighted by atomic mass is 79.9. The van der Waals surface area contributed by atoms with E-state index in [1.54, 1.807) is 24.3 Å². The fourth-order valence-electron chi connectivity index (χ4n) is 2.88. The van der Waals surface area contributed by atoms with Crippen LogP contribution >= 0.6 is 15.9 Å². The number of allylic oxidation sites excluding steroid dienone is 1. The van der Waals surface area contributed by atoms with Gasteiger partial charge in [-0.2, -0.15) is 8.42 Å². The van der Waals surface area contributed by atoms with Crippen molar-refractivity contribution < 1.29 is 8.42 Å². The third-order valence-electron chi connectivity index (χ3n) is 4.51. The van der Waals surface area contributed by atoms with Crippen LogP contribution in [0.5, 0.6) is 0 Å². The largest absolute Gasteiger partial charge is 0.377 e. The van der Waals surface area contributed by atoms with Crippen molar-refractivity contribution >= 4 is 42.0 Å². The summed E-state index contributed by atoms with van der Waals surface area (Å²) in [5, 5.41) is 0. The molecule has 0 bridgehead atoms. The zero-order chi connectivity index (χ0) is 20.0. The van der Waals surface area contributed by atoms with E-state index in [-0.39, 0.29) is 4.90 Å². The number of likely N-dealkylation sites (tertiary alicyclic amines) is 1. The summed E-state index contributed by atoms with van der Waals surface area (Å²) < 4.78 is 30.2. The first-order valence-electron chi connectivity index (χ1n) is 9.20. The maximum atomic E-state index is 12.6. The highest BCUT2D eigenvalue weighted by molar-refractivity contribution is 9.10. The quantitative estimate of drug-likeness (QED) is 0.347. The molecule has 3 rings (SSSR count). The lowest BCUT2D eigenvalue weighted by Crippen LogP contribution is -2.24. The number of hydrogen-bond donors (Lipinski definition) is 0. The Bertz CT molecular complexity index is 1000. The molecule has 0 amide bonds. The standard InChI is InChI=1S/C21H23BrN2O2S2/c1-17-5-11-20(12-6-17)28(25,26)23-27-21(18-7-9-19(22)10-8-18)13-16-24-14-3-2-4-15-24/h5-13,16H,2-4,14-15H2,1H3/b16-13+. The van der Waals surface area contributed by atoms with Gasteiger partial charge in [0, 0.05) is 23.8 Å². The number of aryl methyl sites for hydroxylation is 1. The van der Waals surface area contributed by atoms with Gasteiger partial charge in [0.15, 0.2) is 0 Å². The molecule has 0 N–H and O–H groups in total. The summed E-state index contributed by atoms with van der Waals surface area (Å²) in [5.41, 5.74) is 1.95. The Balaban J connectivity index is 1.96. The fourth-order valence-corrected chi connectivity index (χ4v) is 5.04. The van der Waals surface area contributed by atoms with E-state index < -0.39 is 10.0 Å². The smallest absolute Gasteiger partial charge is 0.292 e. The number of benzene rings is 2. The SMILES string of the molecule is Cc1ccc(S(=O)(=O)N=S=C(/C=C/N2CCCCC2)c2ccc(Br)cc2)cc1.